The van der Waals surface area contributed by atoms with E-state index in [1.165, 1.54) is 6.92 Å². The lowest BCUT2D eigenvalue weighted by Gasteiger charge is -2.52. The number of carbonyl (C=O) groups is 2. The van der Waals surface area contributed by atoms with Gasteiger partial charge in [0.25, 0.3) is 0 Å². The molecule has 0 aromatic heterocycles. The highest BCUT2D eigenvalue weighted by Gasteiger charge is 2.55. The Hall–Kier alpha value is -1.66. The molecule has 18 atom stereocenters. The lowest BCUT2D eigenvalue weighted by molar-refractivity contribution is -0.377. The number of esters is 1. The molecule has 19 nitrogen and oxygen atoms in total. The first kappa shape index (κ1) is 38.6. The van der Waals surface area contributed by atoms with Crippen molar-refractivity contribution in [3.8, 4) is 0 Å². The van der Waals surface area contributed by atoms with Gasteiger partial charge < -0.3 is 84.6 Å². The number of ether oxygens (including phenoxy) is 6. The SMILES string of the molecule is C[C@@H]1O[C@@H](O[C@H]2[C@H](OC3CC4C(O)CC(O)CC4OC3C3CC(O)C(O)C(O)C3)O[C@H](COC(=O)CC(=O)O)[C@@H](O)[C@@H]2O)[C@H](O)[C@H](O)[C@H]1O. The van der Waals surface area contributed by atoms with Crippen molar-refractivity contribution in [3.63, 3.8) is 0 Å². The van der Waals surface area contributed by atoms with Gasteiger partial charge in [-0.2, -0.15) is 0 Å². The summed E-state index contributed by atoms with van der Waals surface area (Å²) >= 11 is 0. The van der Waals surface area contributed by atoms with Crippen molar-refractivity contribution in [3.05, 3.63) is 0 Å². The number of rotatable bonds is 9. The molecule has 5 aliphatic rings. The molecule has 3 saturated heterocycles. The van der Waals surface area contributed by atoms with Gasteiger partial charge in [-0.05, 0) is 44.9 Å². The number of carboxylic acid groups (broad SMARTS) is 1. The predicted molar refractivity (Wildman–Crippen MR) is 155 cm³/mol. The van der Waals surface area contributed by atoms with Gasteiger partial charge in [-0.25, -0.2) is 0 Å². The molecule has 5 rings (SSSR count). The Labute approximate surface area is 280 Å². The summed E-state index contributed by atoms with van der Waals surface area (Å²) in [5.41, 5.74) is 0. The Bertz CT molecular complexity index is 1120. The van der Waals surface area contributed by atoms with Crippen molar-refractivity contribution in [2.24, 2.45) is 11.8 Å². The maximum Gasteiger partial charge on any atom is 0.317 e. The number of aliphatic hydroxyl groups excluding tert-OH is 10. The standard InChI is InChI=1S/C30H48O19/c1-9-21(38)24(41)26(43)29(45-9)49-28-25(42)23(40)18(8-44-20(37)7-19(35)36)48-30(28)47-17-6-12-13(32)4-11(31)5-16(12)46-27(17)10-2-14(33)22(39)15(34)3-10/h9-18,21-34,38-43H,2-8H2,1H3,(H,35,36)/t9-,10?,11?,12?,13?,14?,15?,16?,17?,18+,21-,22?,23+,24+,25-,26+,27?,28+,29-,30+/m0/s1. The first-order chi connectivity index (χ1) is 23.0. The molecule has 0 aromatic carbocycles. The van der Waals surface area contributed by atoms with E-state index in [2.05, 4.69) is 0 Å². The first-order valence-corrected chi connectivity index (χ1v) is 16.5. The molecule has 3 aliphatic heterocycles. The van der Waals surface area contributed by atoms with Gasteiger partial charge in [0, 0.05) is 5.92 Å². The molecule has 11 N–H and O–H groups in total. The Kier molecular flexibility index (Phi) is 12.5. The number of fused-ring (bicyclic) bond motifs is 1. The largest absolute Gasteiger partial charge is 0.481 e. The topological polar surface area (TPSA) is 312 Å². The van der Waals surface area contributed by atoms with E-state index >= 15 is 0 Å². The molecular formula is C30H48O19. The zero-order valence-electron chi connectivity index (χ0n) is 26.7. The van der Waals surface area contributed by atoms with Crippen molar-refractivity contribution in [2.75, 3.05) is 6.61 Å². The van der Waals surface area contributed by atoms with Gasteiger partial charge in [0.15, 0.2) is 12.6 Å². The van der Waals surface area contributed by atoms with Crippen LogP contribution in [0.2, 0.25) is 0 Å². The average Bonchev–Trinajstić information content (AvgIpc) is 3.03. The smallest absolute Gasteiger partial charge is 0.317 e. The van der Waals surface area contributed by atoms with Gasteiger partial charge in [0.1, 0.15) is 61.9 Å². The summed E-state index contributed by atoms with van der Waals surface area (Å²) in [5.74, 6) is -3.84. The summed E-state index contributed by atoms with van der Waals surface area (Å²) in [4.78, 5) is 22.9. The first-order valence-electron chi connectivity index (χ1n) is 16.5. The number of aliphatic hydroxyl groups is 10. The number of hydrogen-bond donors (Lipinski definition) is 11. The molecule has 8 unspecified atom stereocenters. The minimum atomic E-state index is -1.91. The van der Waals surface area contributed by atoms with Crippen LogP contribution in [0.4, 0.5) is 0 Å². The minimum absolute atomic E-state index is 0.0274. The molecule has 2 aliphatic carbocycles. The van der Waals surface area contributed by atoms with Crippen LogP contribution in [0.15, 0.2) is 0 Å². The molecular weight excluding hydrogens is 664 g/mol. The molecule has 282 valence electrons. The van der Waals surface area contributed by atoms with Crippen molar-refractivity contribution in [1.29, 1.82) is 0 Å². The highest BCUT2D eigenvalue weighted by atomic mass is 16.8. The van der Waals surface area contributed by atoms with Crippen LogP contribution in [0, 0.1) is 11.8 Å². The summed E-state index contributed by atoms with van der Waals surface area (Å²) in [6.45, 7) is 0.664. The van der Waals surface area contributed by atoms with Crippen LogP contribution < -0.4 is 0 Å². The number of hydrogen-bond acceptors (Lipinski definition) is 18. The van der Waals surface area contributed by atoms with Gasteiger partial charge in [-0.3, -0.25) is 9.59 Å². The second-order valence-electron chi connectivity index (χ2n) is 13.8. The van der Waals surface area contributed by atoms with Crippen LogP contribution in [-0.2, 0) is 38.0 Å². The summed E-state index contributed by atoms with van der Waals surface area (Å²) < 4.78 is 35.0. The normalized spacial score (nSPS) is 50.7. The number of carbonyl (C=O) groups excluding carboxylic acids is 1. The van der Waals surface area contributed by atoms with Crippen LogP contribution >= 0.6 is 0 Å². The summed E-state index contributed by atoms with van der Waals surface area (Å²) in [6, 6.07) is 0. The van der Waals surface area contributed by atoms with Crippen molar-refractivity contribution in [1.82, 2.24) is 0 Å². The van der Waals surface area contributed by atoms with Crippen molar-refractivity contribution >= 4 is 11.9 Å². The van der Waals surface area contributed by atoms with E-state index in [0.29, 0.717) is 0 Å². The lowest BCUT2D eigenvalue weighted by Crippen LogP contribution is -2.65. The molecule has 3 heterocycles. The van der Waals surface area contributed by atoms with E-state index in [0.717, 1.165) is 0 Å². The van der Waals surface area contributed by atoms with Crippen LogP contribution in [0.5, 0.6) is 0 Å². The molecule has 0 bridgehead atoms. The lowest BCUT2D eigenvalue weighted by atomic mass is 9.72. The fourth-order valence-electron chi connectivity index (χ4n) is 7.57. The van der Waals surface area contributed by atoms with E-state index in [4.69, 9.17) is 33.5 Å². The highest BCUT2D eigenvalue weighted by Crippen LogP contribution is 2.44. The summed E-state index contributed by atoms with van der Waals surface area (Å²) in [7, 11) is 0. The zero-order chi connectivity index (χ0) is 35.9. The minimum Gasteiger partial charge on any atom is -0.481 e. The maximum absolute atomic E-state index is 12.0. The van der Waals surface area contributed by atoms with Crippen LogP contribution in [0.1, 0.15) is 45.4 Å². The Balaban J connectivity index is 1.43. The van der Waals surface area contributed by atoms with Gasteiger partial charge in [-0.15, -0.1) is 0 Å². The molecule has 0 spiro atoms. The highest BCUT2D eigenvalue weighted by molar-refractivity contribution is 5.90. The van der Waals surface area contributed by atoms with Crippen molar-refractivity contribution in [2.45, 2.75) is 156 Å². The van der Waals surface area contributed by atoms with E-state index < -0.39 is 147 Å². The summed E-state index contributed by atoms with van der Waals surface area (Å²) in [6.07, 6.45) is -25.8. The van der Waals surface area contributed by atoms with E-state index in [1.54, 1.807) is 0 Å². The zero-order valence-corrected chi connectivity index (χ0v) is 26.7. The monoisotopic (exact) mass is 712 g/mol. The van der Waals surface area contributed by atoms with Crippen LogP contribution in [-0.4, -0.2) is 185 Å². The molecule has 19 heteroatoms. The van der Waals surface area contributed by atoms with Crippen LogP contribution in [0.3, 0.4) is 0 Å². The fraction of sp³-hybridized carbons (Fsp3) is 0.933. The fourth-order valence-corrected chi connectivity index (χ4v) is 7.57. The molecule has 5 fully saturated rings. The van der Waals surface area contributed by atoms with Gasteiger partial charge >= 0.3 is 11.9 Å². The maximum atomic E-state index is 12.0. The summed E-state index contributed by atoms with van der Waals surface area (Å²) in [5, 5.41) is 115. The molecule has 0 radical (unpaired) electrons. The second-order valence-corrected chi connectivity index (χ2v) is 13.8. The van der Waals surface area contributed by atoms with Gasteiger partial charge in [0.05, 0.1) is 48.8 Å². The molecule has 0 amide bonds. The van der Waals surface area contributed by atoms with Crippen molar-refractivity contribution < 1.29 is 94.2 Å². The van der Waals surface area contributed by atoms with Gasteiger partial charge in [0.2, 0.25) is 0 Å². The Morgan fingerprint density at radius 2 is 1.35 bits per heavy atom. The quantitative estimate of drug-likeness (QED) is 0.0786. The Morgan fingerprint density at radius 3 is 2.00 bits per heavy atom. The Morgan fingerprint density at radius 1 is 0.673 bits per heavy atom. The average molecular weight is 713 g/mol. The third kappa shape index (κ3) is 8.53. The molecule has 49 heavy (non-hydrogen) atoms. The predicted octanol–water partition coefficient (Wildman–Crippen LogP) is -5.17. The van der Waals surface area contributed by atoms with Crippen LogP contribution in [0.25, 0.3) is 0 Å². The number of aliphatic carboxylic acids is 1. The number of carboxylic acids is 1. The van der Waals surface area contributed by atoms with E-state index in [1.807, 2.05) is 0 Å². The van der Waals surface area contributed by atoms with E-state index in [9.17, 15) is 60.7 Å². The molecule has 2 saturated carbocycles. The third-order valence-electron chi connectivity index (χ3n) is 10.3. The van der Waals surface area contributed by atoms with Gasteiger partial charge in [-0.1, -0.05) is 0 Å². The van der Waals surface area contributed by atoms with E-state index in [-0.39, 0.29) is 32.1 Å². The third-order valence-corrected chi connectivity index (χ3v) is 10.3. The molecule has 0 aromatic rings. The second kappa shape index (κ2) is 15.9.